The highest BCUT2D eigenvalue weighted by Gasteiger charge is 2.26. The number of hydrogen-bond donors (Lipinski definition) is 0. The number of fused-ring (bicyclic) bond motifs is 1. The lowest BCUT2D eigenvalue weighted by molar-refractivity contribution is 0.438. The highest BCUT2D eigenvalue weighted by molar-refractivity contribution is 7.15. The van der Waals surface area contributed by atoms with Crippen molar-refractivity contribution in [3.8, 4) is 10.6 Å². The maximum absolute atomic E-state index is 4.90. The van der Waals surface area contributed by atoms with E-state index >= 15 is 0 Å². The van der Waals surface area contributed by atoms with Gasteiger partial charge in [0.1, 0.15) is 5.01 Å². The molecule has 2 heteroatoms. The van der Waals surface area contributed by atoms with E-state index in [-0.39, 0.29) is 0 Å². The first kappa shape index (κ1) is 12.9. The summed E-state index contributed by atoms with van der Waals surface area (Å²) in [5.74, 6) is 1.45. The minimum Gasteiger partial charge on any atom is -0.241 e. The predicted octanol–water partition coefficient (Wildman–Crippen LogP) is 5.19. The van der Waals surface area contributed by atoms with Gasteiger partial charge < -0.3 is 0 Å². The van der Waals surface area contributed by atoms with Gasteiger partial charge in [0.15, 0.2) is 0 Å². The highest BCUT2D eigenvalue weighted by atomic mass is 32.1. The van der Waals surface area contributed by atoms with Crippen LogP contribution >= 0.6 is 11.3 Å². The molecule has 1 atom stereocenters. The molecule has 1 aromatic carbocycles. The van der Waals surface area contributed by atoms with Crippen LogP contribution in [0.15, 0.2) is 24.3 Å². The molecular formula is C17H21NS. The van der Waals surface area contributed by atoms with Crippen molar-refractivity contribution < 1.29 is 0 Å². The fraction of sp³-hybridized carbons (Fsp3) is 0.471. The lowest BCUT2D eigenvalue weighted by Gasteiger charge is -2.24. The van der Waals surface area contributed by atoms with Crippen molar-refractivity contribution in [2.75, 3.05) is 0 Å². The first-order chi connectivity index (χ1) is 9.15. The Balaban J connectivity index is 1.99. The first-order valence-electron chi connectivity index (χ1n) is 7.22. The summed E-state index contributed by atoms with van der Waals surface area (Å²) in [4.78, 5) is 6.45. The highest BCUT2D eigenvalue weighted by Crippen LogP contribution is 2.42. The van der Waals surface area contributed by atoms with E-state index in [0.29, 0.717) is 0 Å². The Kier molecular flexibility index (Phi) is 3.44. The number of rotatable bonds is 2. The number of nitrogens with zero attached hydrogens (tertiary/aromatic N) is 1. The SMILES string of the molecule is Cc1ccc(-c2nc3c(s2)C(C(C)C)CCC3)cc1. The summed E-state index contributed by atoms with van der Waals surface area (Å²) in [5.41, 5.74) is 3.95. The standard InChI is InChI=1S/C17H21NS/c1-11(2)14-5-4-6-15-16(14)19-17(18-15)13-9-7-12(3)8-10-13/h7-11,14H,4-6H2,1-3H3. The van der Waals surface area contributed by atoms with Crippen molar-refractivity contribution in [3.05, 3.63) is 40.4 Å². The molecular weight excluding hydrogens is 250 g/mol. The molecule has 2 aromatic rings. The van der Waals surface area contributed by atoms with Gasteiger partial charge in [0.2, 0.25) is 0 Å². The molecule has 0 bridgehead atoms. The average molecular weight is 271 g/mol. The summed E-state index contributed by atoms with van der Waals surface area (Å²) in [6, 6.07) is 8.75. The molecule has 1 aromatic heterocycles. The van der Waals surface area contributed by atoms with Gasteiger partial charge in [-0.1, -0.05) is 43.7 Å². The summed E-state index contributed by atoms with van der Waals surface area (Å²) in [5, 5.41) is 1.21. The Bertz CT molecular complexity index is 565. The molecule has 1 aliphatic rings. The van der Waals surface area contributed by atoms with Gasteiger partial charge in [-0.05, 0) is 38.0 Å². The number of hydrogen-bond acceptors (Lipinski definition) is 2. The van der Waals surface area contributed by atoms with Crippen LogP contribution < -0.4 is 0 Å². The molecule has 0 amide bonds. The molecule has 0 radical (unpaired) electrons. The predicted molar refractivity (Wildman–Crippen MR) is 82.8 cm³/mol. The zero-order chi connectivity index (χ0) is 13.4. The van der Waals surface area contributed by atoms with Crippen LogP contribution in [0.5, 0.6) is 0 Å². The van der Waals surface area contributed by atoms with Gasteiger partial charge in [0.25, 0.3) is 0 Å². The molecule has 3 rings (SSSR count). The second-order valence-corrected chi connectivity index (χ2v) is 6.97. The second kappa shape index (κ2) is 5.09. The summed E-state index contributed by atoms with van der Waals surface area (Å²) in [7, 11) is 0. The van der Waals surface area contributed by atoms with E-state index in [1.54, 1.807) is 4.88 Å². The van der Waals surface area contributed by atoms with Gasteiger partial charge in [-0.3, -0.25) is 0 Å². The van der Waals surface area contributed by atoms with Crippen molar-refractivity contribution in [2.45, 2.75) is 46.0 Å². The second-order valence-electron chi connectivity index (χ2n) is 5.94. The molecule has 1 nitrogen and oxygen atoms in total. The minimum absolute atomic E-state index is 0.723. The molecule has 0 fully saturated rings. The van der Waals surface area contributed by atoms with Gasteiger partial charge in [0.05, 0.1) is 5.69 Å². The van der Waals surface area contributed by atoms with E-state index in [9.17, 15) is 0 Å². The van der Waals surface area contributed by atoms with Gasteiger partial charge in [-0.15, -0.1) is 11.3 Å². The summed E-state index contributed by atoms with van der Waals surface area (Å²) >= 11 is 1.92. The van der Waals surface area contributed by atoms with Gasteiger partial charge in [-0.25, -0.2) is 4.98 Å². The zero-order valence-corrected chi connectivity index (χ0v) is 12.8. The maximum atomic E-state index is 4.90. The molecule has 1 unspecified atom stereocenters. The van der Waals surface area contributed by atoms with Crippen LogP contribution in [0.4, 0.5) is 0 Å². The molecule has 0 N–H and O–H groups in total. The van der Waals surface area contributed by atoms with Crippen molar-refractivity contribution in [2.24, 2.45) is 5.92 Å². The Morgan fingerprint density at radius 3 is 2.63 bits per heavy atom. The van der Waals surface area contributed by atoms with Crippen molar-refractivity contribution in [1.82, 2.24) is 4.98 Å². The Morgan fingerprint density at radius 1 is 1.21 bits per heavy atom. The molecule has 1 heterocycles. The zero-order valence-electron chi connectivity index (χ0n) is 11.9. The Hall–Kier alpha value is -1.15. The Labute approximate surface area is 119 Å². The van der Waals surface area contributed by atoms with E-state index < -0.39 is 0 Å². The number of aromatic nitrogens is 1. The smallest absolute Gasteiger partial charge is 0.123 e. The van der Waals surface area contributed by atoms with Crippen LogP contribution in [-0.4, -0.2) is 4.98 Å². The normalized spacial score (nSPS) is 18.6. The summed E-state index contributed by atoms with van der Waals surface area (Å²) in [6.07, 6.45) is 3.80. The van der Waals surface area contributed by atoms with Gasteiger partial charge >= 0.3 is 0 Å². The van der Waals surface area contributed by atoms with Gasteiger partial charge in [-0.2, -0.15) is 0 Å². The molecule has 100 valence electrons. The van der Waals surface area contributed by atoms with Crippen LogP contribution in [0.25, 0.3) is 10.6 Å². The summed E-state index contributed by atoms with van der Waals surface area (Å²) < 4.78 is 0. The van der Waals surface area contributed by atoms with E-state index in [1.807, 2.05) is 11.3 Å². The third-order valence-corrected chi connectivity index (χ3v) is 5.37. The van der Waals surface area contributed by atoms with E-state index in [1.165, 1.54) is 41.1 Å². The molecule has 0 spiro atoms. The van der Waals surface area contributed by atoms with Crippen molar-refractivity contribution in [3.63, 3.8) is 0 Å². The van der Waals surface area contributed by atoms with E-state index in [4.69, 9.17) is 4.98 Å². The molecule has 19 heavy (non-hydrogen) atoms. The van der Waals surface area contributed by atoms with E-state index in [2.05, 4.69) is 45.0 Å². The van der Waals surface area contributed by atoms with Crippen LogP contribution in [0, 0.1) is 12.8 Å². The Morgan fingerprint density at radius 2 is 1.95 bits per heavy atom. The third kappa shape index (κ3) is 2.46. The molecule has 0 aliphatic heterocycles. The lowest BCUT2D eigenvalue weighted by Crippen LogP contribution is -2.12. The lowest BCUT2D eigenvalue weighted by atomic mass is 9.84. The fourth-order valence-corrected chi connectivity index (χ4v) is 4.33. The van der Waals surface area contributed by atoms with Crippen LogP contribution in [0.2, 0.25) is 0 Å². The van der Waals surface area contributed by atoms with Crippen LogP contribution in [-0.2, 0) is 6.42 Å². The average Bonchev–Trinajstić information content (AvgIpc) is 2.82. The van der Waals surface area contributed by atoms with Crippen LogP contribution in [0.3, 0.4) is 0 Å². The minimum atomic E-state index is 0.723. The van der Waals surface area contributed by atoms with Gasteiger partial charge in [0, 0.05) is 10.4 Å². The third-order valence-electron chi connectivity index (χ3n) is 4.10. The fourth-order valence-electron chi connectivity index (χ4n) is 2.91. The number of benzene rings is 1. The molecule has 1 aliphatic carbocycles. The topological polar surface area (TPSA) is 12.9 Å². The molecule has 0 saturated heterocycles. The molecule has 0 saturated carbocycles. The largest absolute Gasteiger partial charge is 0.241 e. The number of aryl methyl sites for hydroxylation is 2. The van der Waals surface area contributed by atoms with E-state index in [0.717, 1.165) is 11.8 Å². The monoisotopic (exact) mass is 271 g/mol. The van der Waals surface area contributed by atoms with Crippen LogP contribution in [0.1, 0.15) is 48.7 Å². The quantitative estimate of drug-likeness (QED) is 0.732. The van der Waals surface area contributed by atoms with Crippen molar-refractivity contribution in [1.29, 1.82) is 0 Å². The van der Waals surface area contributed by atoms with Crippen molar-refractivity contribution >= 4 is 11.3 Å². The number of thiazole rings is 1. The maximum Gasteiger partial charge on any atom is 0.123 e. The first-order valence-corrected chi connectivity index (χ1v) is 8.03. The summed E-state index contributed by atoms with van der Waals surface area (Å²) in [6.45, 7) is 6.81.